The predicted molar refractivity (Wildman–Crippen MR) is 116 cm³/mol. The van der Waals surface area contributed by atoms with Crippen molar-refractivity contribution < 1.29 is 14.3 Å². The van der Waals surface area contributed by atoms with E-state index in [1.165, 1.54) is 11.1 Å². The summed E-state index contributed by atoms with van der Waals surface area (Å²) in [6, 6.07) is 13.6. The van der Waals surface area contributed by atoms with Crippen LogP contribution in [0.2, 0.25) is 0 Å². The minimum atomic E-state index is -0.183. The van der Waals surface area contributed by atoms with Crippen molar-refractivity contribution in [2.75, 3.05) is 45.7 Å². The van der Waals surface area contributed by atoms with Gasteiger partial charge in [0.2, 0.25) is 5.91 Å². The lowest BCUT2D eigenvalue weighted by atomic mass is 10.1. The van der Waals surface area contributed by atoms with Gasteiger partial charge in [0.1, 0.15) is 11.5 Å². The van der Waals surface area contributed by atoms with Crippen LogP contribution in [0.1, 0.15) is 18.1 Å². The number of hydrogen-bond acceptors (Lipinski definition) is 5. The quantitative estimate of drug-likeness (QED) is 0.778. The molecule has 6 nitrogen and oxygen atoms in total. The second-order valence-electron chi connectivity index (χ2n) is 7.52. The minimum absolute atomic E-state index is 0.00653. The number of benzene rings is 2. The molecule has 0 saturated carbocycles. The highest BCUT2D eigenvalue weighted by molar-refractivity contribution is 5.94. The summed E-state index contributed by atoms with van der Waals surface area (Å²) in [6.45, 7) is 8.50. The SMILES string of the molecule is COc1cccc(NC(=O)[C@@H](C)N2CCN(Cc3cc(C)ccc3OC)CC2)c1. The number of aryl methyl sites for hydroxylation is 1. The maximum Gasteiger partial charge on any atom is 0.241 e. The molecule has 6 heteroatoms. The maximum atomic E-state index is 12.7. The van der Waals surface area contributed by atoms with Crippen LogP contribution in [0.3, 0.4) is 0 Å². The number of nitrogens with zero attached hydrogens (tertiary/aromatic N) is 2. The Morgan fingerprint density at radius 3 is 2.52 bits per heavy atom. The molecule has 1 saturated heterocycles. The number of carbonyl (C=O) groups is 1. The zero-order chi connectivity index (χ0) is 20.8. The molecule has 1 N–H and O–H groups in total. The zero-order valence-electron chi connectivity index (χ0n) is 17.8. The number of hydrogen-bond donors (Lipinski definition) is 1. The fraction of sp³-hybridized carbons (Fsp3) is 0.435. The highest BCUT2D eigenvalue weighted by atomic mass is 16.5. The van der Waals surface area contributed by atoms with Crippen LogP contribution in [0.5, 0.6) is 11.5 Å². The first-order valence-corrected chi connectivity index (χ1v) is 10.0. The fourth-order valence-electron chi connectivity index (χ4n) is 3.69. The second-order valence-corrected chi connectivity index (χ2v) is 7.52. The van der Waals surface area contributed by atoms with E-state index >= 15 is 0 Å². The summed E-state index contributed by atoms with van der Waals surface area (Å²) in [7, 11) is 3.34. The number of ether oxygens (including phenoxy) is 2. The van der Waals surface area contributed by atoms with Crippen molar-refractivity contribution in [1.82, 2.24) is 9.80 Å². The van der Waals surface area contributed by atoms with Crippen molar-refractivity contribution in [3.8, 4) is 11.5 Å². The largest absolute Gasteiger partial charge is 0.497 e. The summed E-state index contributed by atoms with van der Waals surface area (Å²) < 4.78 is 10.7. The van der Waals surface area contributed by atoms with E-state index in [1.54, 1.807) is 14.2 Å². The van der Waals surface area contributed by atoms with Gasteiger partial charge in [-0.05, 0) is 32.0 Å². The van der Waals surface area contributed by atoms with Crippen LogP contribution in [-0.2, 0) is 11.3 Å². The van der Waals surface area contributed by atoms with Gasteiger partial charge in [0, 0.05) is 50.0 Å². The van der Waals surface area contributed by atoms with Gasteiger partial charge in [-0.3, -0.25) is 14.6 Å². The van der Waals surface area contributed by atoms with E-state index in [0.717, 1.165) is 49.9 Å². The number of rotatable bonds is 7. The summed E-state index contributed by atoms with van der Waals surface area (Å²) in [6.07, 6.45) is 0. The predicted octanol–water partition coefficient (Wildman–Crippen LogP) is 3.16. The molecule has 1 fully saturated rings. The topological polar surface area (TPSA) is 54.0 Å². The average molecular weight is 398 g/mol. The van der Waals surface area contributed by atoms with Crippen molar-refractivity contribution in [3.05, 3.63) is 53.6 Å². The van der Waals surface area contributed by atoms with E-state index in [1.807, 2.05) is 37.3 Å². The Balaban J connectivity index is 1.53. The first-order valence-electron chi connectivity index (χ1n) is 10.0. The summed E-state index contributed by atoms with van der Waals surface area (Å²) in [5.74, 6) is 1.67. The van der Waals surface area contributed by atoms with Gasteiger partial charge >= 0.3 is 0 Å². The molecule has 1 aliphatic rings. The number of amides is 1. The summed E-state index contributed by atoms with van der Waals surface area (Å²) in [5.41, 5.74) is 3.21. The van der Waals surface area contributed by atoms with Gasteiger partial charge in [-0.25, -0.2) is 0 Å². The monoisotopic (exact) mass is 397 g/mol. The van der Waals surface area contributed by atoms with Crippen LogP contribution >= 0.6 is 0 Å². The maximum absolute atomic E-state index is 12.7. The molecule has 0 bridgehead atoms. The second kappa shape index (κ2) is 9.76. The number of methoxy groups -OCH3 is 2. The number of carbonyl (C=O) groups excluding carboxylic acids is 1. The number of piperazine rings is 1. The molecule has 0 unspecified atom stereocenters. The van der Waals surface area contributed by atoms with E-state index in [0.29, 0.717) is 0 Å². The normalized spacial score (nSPS) is 16.3. The molecule has 0 aromatic heterocycles. The Morgan fingerprint density at radius 2 is 1.83 bits per heavy atom. The highest BCUT2D eigenvalue weighted by Gasteiger charge is 2.26. The molecule has 2 aromatic carbocycles. The van der Waals surface area contributed by atoms with E-state index in [-0.39, 0.29) is 11.9 Å². The van der Waals surface area contributed by atoms with E-state index in [9.17, 15) is 4.79 Å². The van der Waals surface area contributed by atoms with Crippen molar-refractivity contribution in [2.24, 2.45) is 0 Å². The minimum Gasteiger partial charge on any atom is -0.497 e. The van der Waals surface area contributed by atoms with Crippen molar-refractivity contribution >= 4 is 11.6 Å². The zero-order valence-corrected chi connectivity index (χ0v) is 17.8. The Bertz CT molecular complexity index is 832. The Kier molecular flexibility index (Phi) is 7.12. The lowest BCUT2D eigenvalue weighted by Crippen LogP contribution is -2.52. The third-order valence-corrected chi connectivity index (χ3v) is 5.50. The third kappa shape index (κ3) is 5.49. The standard InChI is InChI=1S/C23H31N3O3/c1-17-8-9-22(29-4)19(14-17)16-25-10-12-26(13-11-25)18(2)23(27)24-20-6-5-7-21(15-20)28-3/h5-9,14-15,18H,10-13,16H2,1-4H3,(H,24,27)/t18-/m1/s1. The van der Waals surface area contributed by atoms with E-state index in [2.05, 4.69) is 34.2 Å². The average Bonchev–Trinajstić information content (AvgIpc) is 2.74. The molecule has 1 amide bonds. The van der Waals surface area contributed by atoms with Gasteiger partial charge < -0.3 is 14.8 Å². The molecular formula is C23H31N3O3. The smallest absolute Gasteiger partial charge is 0.241 e. The molecule has 0 spiro atoms. The van der Waals surface area contributed by atoms with Crippen LogP contribution in [0, 0.1) is 6.92 Å². The fourth-order valence-corrected chi connectivity index (χ4v) is 3.69. The number of anilines is 1. The van der Waals surface area contributed by atoms with Crippen molar-refractivity contribution in [2.45, 2.75) is 26.4 Å². The van der Waals surface area contributed by atoms with Gasteiger partial charge in [0.25, 0.3) is 0 Å². The van der Waals surface area contributed by atoms with Crippen LogP contribution in [0.25, 0.3) is 0 Å². The van der Waals surface area contributed by atoms with Gasteiger partial charge in [-0.2, -0.15) is 0 Å². The summed E-state index contributed by atoms with van der Waals surface area (Å²) in [4.78, 5) is 17.3. The Morgan fingerprint density at radius 1 is 1.07 bits per heavy atom. The third-order valence-electron chi connectivity index (χ3n) is 5.50. The van der Waals surface area contributed by atoms with E-state index in [4.69, 9.17) is 9.47 Å². The number of nitrogens with one attached hydrogen (secondary N) is 1. The van der Waals surface area contributed by atoms with Crippen molar-refractivity contribution in [3.63, 3.8) is 0 Å². The van der Waals surface area contributed by atoms with Crippen molar-refractivity contribution in [1.29, 1.82) is 0 Å². The lowest BCUT2D eigenvalue weighted by Gasteiger charge is -2.37. The van der Waals surface area contributed by atoms with Gasteiger partial charge in [-0.15, -0.1) is 0 Å². The van der Waals surface area contributed by atoms with Gasteiger partial charge in [-0.1, -0.05) is 23.8 Å². The first kappa shape index (κ1) is 21.1. The van der Waals surface area contributed by atoms with E-state index < -0.39 is 0 Å². The molecular weight excluding hydrogens is 366 g/mol. The molecule has 2 aromatic rings. The van der Waals surface area contributed by atoms with Crippen LogP contribution in [-0.4, -0.2) is 62.1 Å². The highest BCUT2D eigenvalue weighted by Crippen LogP contribution is 2.22. The first-order chi connectivity index (χ1) is 14.0. The van der Waals surface area contributed by atoms with Crippen LogP contribution in [0.4, 0.5) is 5.69 Å². The summed E-state index contributed by atoms with van der Waals surface area (Å²) >= 11 is 0. The molecule has 156 valence electrons. The Hall–Kier alpha value is -2.57. The van der Waals surface area contributed by atoms with Crippen LogP contribution < -0.4 is 14.8 Å². The van der Waals surface area contributed by atoms with Crippen LogP contribution in [0.15, 0.2) is 42.5 Å². The lowest BCUT2D eigenvalue weighted by molar-refractivity contribution is -0.121. The molecule has 1 atom stereocenters. The molecule has 3 rings (SSSR count). The Labute approximate surface area is 173 Å². The molecule has 0 aliphatic carbocycles. The molecule has 1 aliphatic heterocycles. The van der Waals surface area contributed by atoms with Gasteiger partial charge in [0.15, 0.2) is 0 Å². The molecule has 0 radical (unpaired) electrons. The summed E-state index contributed by atoms with van der Waals surface area (Å²) in [5, 5.41) is 3.00. The molecule has 29 heavy (non-hydrogen) atoms. The van der Waals surface area contributed by atoms with Gasteiger partial charge in [0.05, 0.1) is 20.3 Å². The molecule has 1 heterocycles.